The van der Waals surface area contributed by atoms with Gasteiger partial charge in [-0.15, -0.1) is 0 Å². The lowest BCUT2D eigenvalue weighted by atomic mass is 10.0. The predicted molar refractivity (Wildman–Crippen MR) is 73.3 cm³/mol. The van der Waals surface area contributed by atoms with Crippen LogP contribution in [0.4, 0.5) is 0 Å². The van der Waals surface area contributed by atoms with Crippen LogP contribution in [0.25, 0.3) is 0 Å². The summed E-state index contributed by atoms with van der Waals surface area (Å²) in [5.41, 5.74) is 1.25. The molecule has 1 saturated heterocycles. The van der Waals surface area contributed by atoms with Gasteiger partial charge in [-0.2, -0.15) is 0 Å². The van der Waals surface area contributed by atoms with E-state index in [2.05, 4.69) is 31.7 Å². The molecule has 1 saturated carbocycles. The number of piperidine rings is 1. The molecule has 0 aromatic rings. The third-order valence-electron chi connectivity index (χ3n) is 5.07. The van der Waals surface area contributed by atoms with E-state index in [1.54, 1.807) is 0 Å². The molecule has 0 aromatic heterocycles. The van der Waals surface area contributed by atoms with Crippen LogP contribution in [0.1, 0.15) is 33.6 Å². The van der Waals surface area contributed by atoms with Crippen molar-refractivity contribution in [2.24, 2.45) is 17.3 Å². The Labute approximate surface area is 110 Å². The van der Waals surface area contributed by atoms with Gasteiger partial charge in [0.2, 0.25) is 0 Å². The first kappa shape index (κ1) is 14.0. The molecule has 1 aliphatic heterocycles. The van der Waals surface area contributed by atoms with Crippen LogP contribution in [0, 0.1) is 17.3 Å². The van der Waals surface area contributed by atoms with Crippen LogP contribution in [-0.4, -0.2) is 47.5 Å². The van der Waals surface area contributed by atoms with Gasteiger partial charge in [-0.25, -0.2) is 0 Å². The highest BCUT2D eigenvalue weighted by atomic mass is 16.3. The number of rotatable bonds is 6. The number of allylic oxidation sites excluding steroid dienone is 2. The fraction of sp³-hybridized carbons (Fsp3) is 0.867. The number of aliphatic hydroxyl groups is 2. The minimum atomic E-state index is -0.143. The minimum absolute atomic E-state index is 0.143. The van der Waals surface area contributed by atoms with E-state index in [4.69, 9.17) is 0 Å². The molecule has 3 atom stereocenters. The average Bonchev–Trinajstić information content (AvgIpc) is 2.71. The fourth-order valence-electron chi connectivity index (χ4n) is 3.54. The van der Waals surface area contributed by atoms with E-state index in [0.29, 0.717) is 17.9 Å². The molecule has 3 unspecified atom stereocenters. The molecule has 3 heteroatoms. The van der Waals surface area contributed by atoms with Gasteiger partial charge in [0, 0.05) is 24.5 Å². The lowest BCUT2D eigenvalue weighted by molar-refractivity contribution is 0.0791. The summed E-state index contributed by atoms with van der Waals surface area (Å²) in [6.07, 6.45) is 4.66. The van der Waals surface area contributed by atoms with Crippen LogP contribution >= 0.6 is 0 Å². The van der Waals surface area contributed by atoms with Crippen molar-refractivity contribution in [3.63, 3.8) is 0 Å². The number of likely N-dealkylation sites (tertiary alicyclic amines) is 1. The minimum Gasteiger partial charge on any atom is -0.396 e. The van der Waals surface area contributed by atoms with Crippen LogP contribution in [0.5, 0.6) is 0 Å². The zero-order valence-electron chi connectivity index (χ0n) is 11.9. The quantitative estimate of drug-likeness (QED) is 0.708. The third kappa shape index (κ3) is 2.36. The number of aliphatic hydroxyl groups excluding tert-OH is 2. The Morgan fingerprint density at radius 3 is 2.28 bits per heavy atom. The van der Waals surface area contributed by atoms with Crippen molar-refractivity contribution in [3.05, 3.63) is 11.6 Å². The first-order valence-corrected chi connectivity index (χ1v) is 7.14. The van der Waals surface area contributed by atoms with E-state index in [1.165, 1.54) is 12.0 Å². The highest BCUT2D eigenvalue weighted by Crippen LogP contribution is 2.62. The molecular weight excluding hydrogens is 226 g/mol. The van der Waals surface area contributed by atoms with E-state index in [9.17, 15) is 10.2 Å². The maximum atomic E-state index is 9.40. The predicted octanol–water partition coefficient (Wildman–Crippen LogP) is 1.65. The van der Waals surface area contributed by atoms with Crippen molar-refractivity contribution in [1.29, 1.82) is 0 Å². The van der Waals surface area contributed by atoms with E-state index < -0.39 is 0 Å². The van der Waals surface area contributed by atoms with Crippen LogP contribution in [0.15, 0.2) is 11.6 Å². The summed E-state index contributed by atoms with van der Waals surface area (Å²) in [6.45, 7) is 9.00. The largest absolute Gasteiger partial charge is 0.396 e. The SMILES string of the molecule is CC(C)=CCCC(C)N1CC2C(C1)C2(CO)CO. The molecule has 2 rings (SSSR count). The standard InChI is InChI=1S/C15H27NO2/c1-11(2)5-4-6-12(3)16-7-13-14(8-16)15(13,9-17)10-18/h5,12-14,17-18H,4,6-10H2,1-3H3. The Bertz CT molecular complexity index is 304. The van der Waals surface area contributed by atoms with Gasteiger partial charge in [0.1, 0.15) is 0 Å². The molecule has 3 nitrogen and oxygen atoms in total. The van der Waals surface area contributed by atoms with E-state index in [1.807, 2.05) is 0 Å². The van der Waals surface area contributed by atoms with Gasteiger partial charge in [-0.3, -0.25) is 0 Å². The van der Waals surface area contributed by atoms with Crippen LogP contribution < -0.4 is 0 Å². The Hall–Kier alpha value is -0.380. The second kappa shape index (κ2) is 5.32. The van der Waals surface area contributed by atoms with Crippen molar-refractivity contribution in [2.45, 2.75) is 39.7 Å². The molecule has 2 aliphatic rings. The second-order valence-corrected chi connectivity index (χ2v) is 6.42. The van der Waals surface area contributed by atoms with Crippen molar-refractivity contribution in [2.75, 3.05) is 26.3 Å². The van der Waals surface area contributed by atoms with Crippen molar-refractivity contribution >= 4 is 0 Å². The van der Waals surface area contributed by atoms with E-state index >= 15 is 0 Å². The van der Waals surface area contributed by atoms with Gasteiger partial charge in [0.05, 0.1) is 13.2 Å². The summed E-state index contributed by atoms with van der Waals surface area (Å²) in [6, 6.07) is 0.614. The molecular formula is C15H27NO2. The number of hydrogen-bond donors (Lipinski definition) is 2. The summed E-state index contributed by atoms with van der Waals surface area (Å²) in [5.74, 6) is 1.05. The Kier molecular flexibility index (Phi) is 4.15. The summed E-state index contributed by atoms with van der Waals surface area (Å²) in [4.78, 5) is 2.53. The Morgan fingerprint density at radius 2 is 1.83 bits per heavy atom. The first-order chi connectivity index (χ1) is 8.55. The molecule has 0 amide bonds. The van der Waals surface area contributed by atoms with Gasteiger partial charge >= 0.3 is 0 Å². The maximum absolute atomic E-state index is 9.40. The van der Waals surface area contributed by atoms with Gasteiger partial charge in [-0.1, -0.05) is 11.6 Å². The highest BCUT2D eigenvalue weighted by molar-refractivity contribution is 5.16. The molecule has 2 N–H and O–H groups in total. The van der Waals surface area contributed by atoms with Crippen LogP contribution in [-0.2, 0) is 0 Å². The molecule has 1 aliphatic carbocycles. The lowest BCUT2D eigenvalue weighted by Gasteiger charge is -2.29. The highest BCUT2D eigenvalue weighted by Gasteiger charge is 2.67. The Morgan fingerprint density at radius 1 is 1.28 bits per heavy atom. The summed E-state index contributed by atoms with van der Waals surface area (Å²) < 4.78 is 0. The fourth-order valence-corrected chi connectivity index (χ4v) is 3.54. The van der Waals surface area contributed by atoms with Gasteiger partial charge in [0.15, 0.2) is 0 Å². The monoisotopic (exact) mass is 253 g/mol. The Balaban J connectivity index is 1.77. The molecule has 0 spiro atoms. The van der Waals surface area contributed by atoms with Gasteiger partial charge in [-0.05, 0) is 45.4 Å². The van der Waals surface area contributed by atoms with Crippen molar-refractivity contribution in [3.8, 4) is 0 Å². The van der Waals surface area contributed by atoms with Crippen LogP contribution in [0.3, 0.4) is 0 Å². The average molecular weight is 253 g/mol. The third-order valence-corrected chi connectivity index (χ3v) is 5.07. The normalized spacial score (nSPS) is 30.9. The smallest absolute Gasteiger partial charge is 0.0515 e. The molecule has 0 aromatic carbocycles. The van der Waals surface area contributed by atoms with E-state index in [0.717, 1.165) is 19.5 Å². The van der Waals surface area contributed by atoms with Crippen molar-refractivity contribution in [1.82, 2.24) is 4.90 Å². The molecule has 18 heavy (non-hydrogen) atoms. The summed E-state index contributed by atoms with van der Waals surface area (Å²) in [7, 11) is 0. The second-order valence-electron chi connectivity index (χ2n) is 6.42. The van der Waals surface area contributed by atoms with Crippen molar-refractivity contribution < 1.29 is 10.2 Å². The topological polar surface area (TPSA) is 43.7 Å². The van der Waals surface area contributed by atoms with Gasteiger partial charge in [0.25, 0.3) is 0 Å². The molecule has 0 radical (unpaired) electrons. The first-order valence-electron chi connectivity index (χ1n) is 7.14. The summed E-state index contributed by atoms with van der Waals surface area (Å²) in [5, 5.41) is 18.8. The molecule has 1 heterocycles. The molecule has 2 fully saturated rings. The lowest BCUT2D eigenvalue weighted by Crippen LogP contribution is -2.37. The van der Waals surface area contributed by atoms with Gasteiger partial charge < -0.3 is 15.1 Å². The zero-order chi connectivity index (χ0) is 13.3. The number of nitrogens with zero attached hydrogens (tertiary/aromatic N) is 1. The molecule has 104 valence electrons. The van der Waals surface area contributed by atoms with E-state index in [-0.39, 0.29) is 18.6 Å². The molecule has 0 bridgehead atoms. The number of hydrogen-bond acceptors (Lipinski definition) is 3. The van der Waals surface area contributed by atoms with Crippen LogP contribution in [0.2, 0.25) is 0 Å². The maximum Gasteiger partial charge on any atom is 0.0515 e. The number of fused-ring (bicyclic) bond motifs is 1. The summed E-state index contributed by atoms with van der Waals surface area (Å²) >= 11 is 0. The zero-order valence-corrected chi connectivity index (χ0v) is 11.9.